The fourth-order valence-electron chi connectivity index (χ4n) is 9.41. The van der Waals surface area contributed by atoms with E-state index in [2.05, 4.69) is 264 Å². The molecule has 64 heavy (non-hydrogen) atoms. The monoisotopic (exact) mass is 818 g/mol. The molecule has 304 valence electrons. The number of hydrogen-bond acceptors (Lipinski definition) is 1. The van der Waals surface area contributed by atoms with E-state index in [4.69, 9.17) is 0 Å². The number of fused-ring (bicyclic) bond motifs is 3. The number of benzene rings is 10. The molecular weight excluding hydrogens is 773 g/mol. The highest BCUT2D eigenvalue weighted by molar-refractivity contribution is 6.09. The van der Waals surface area contributed by atoms with Crippen molar-refractivity contribution >= 4 is 38.9 Å². The van der Waals surface area contributed by atoms with E-state index in [1.165, 1.54) is 77.4 Å². The van der Waals surface area contributed by atoms with Crippen molar-refractivity contribution < 1.29 is 0 Å². The zero-order valence-corrected chi connectivity index (χ0v) is 35.6. The molecule has 0 spiro atoms. The number of rotatable bonds is 11. The highest BCUT2D eigenvalue weighted by atomic mass is 15.1. The zero-order chi connectivity index (χ0) is 42.7. The maximum Gasteiger partial charge on any atom is 0.0541 e. The molecule has 0 aliphatic carbocycles. The van der Waals surface area contributed by atoms with Gasteiger partial charge in [-0.3, -0.25) is 0 Å². The van der Waals surface area contributed by atoms with Crippen molar-refractivity contribution in [1.82, 2.24) is 4.57 Å². The Morgan fingerprint density at radius 1 is 0.297 bits per heavy atom. The molecule has 0 atom stereocenters. The van der Waals surface area contributed by atoms with Gasteiger partial charge in [-0.25, -0.2) is 0 Å². The molecule has 2 nitrogen and oxygen atoms in total. The van der Waals surface area contributed by atoms with E-state index >= 15 is 0 Å². The number of anilines is 3. The minimum Gasteiger partial charge on any atom is -0.310 e. The molecule has 2 heteroatoms. The third kappa shape index (κ3) is 7.67. The van der Waals surface area contributed by atoms with Crippen LogP contribution in [-0.4, -0.2) is 4.57 Å². The zero-order valence-electron chi connectivity index (χ0n) is 35.6. The molecule has 11 rings (SSSR count). The van der Waals surface area contributed by atoms with Crippen molar-refractivity contribution in [2.75, 3.05) is 4.90 Å². The molecule has 11 aromatic rings. The first kappa shape index (κ1) is 38.7. The Kier molecular flexibility index (Phi) is 10.5. The second kappa shape index (κ2) is 17.3. The van der Waals surface area contributed by atoms with Crippen LogP contribution < -0.4 is 4.90 Å². The molecule has 0 N–H and O–H groups in total. The SMILES string of the molecule is c1ccc(Cc2ccccc2-c2ccc(N(c3ccc(-c4ccccc4)cc3)c3ccc(-c4cccc(-n5c6ccccc6c6ccccc65)c4)cc3)cc2Cc2ccccc2)cc1. The Morgan fingerprint density at radius 2 is 0.750 bits per heavy atom. The van der Waals surface area contributed by atoms with Crippen LogP contribution in [0.1, 0.15) is 22.3 Å². The Bertz CT molecular complexity index is 3300. The molecule has 1 aromatic heterocycles. The van der Waals surface area contributed by atoms with Crippen LogP contribution in [0.5, 0.6) is 0 Å². The van der Waals surface area contributed by atoms with Crippen molar-refractivity contribution in [1.29, 1.82) is 0 Å². The van der Waals surface area contributed by atoms with Crippen LogP contribution in [-0.2, 0) is 12.8 Å². The molecule has 0 bridgehead atoms. The van der Waals surface area contributed by atoms with Crippen molar-refractivity contribution in [2.45, 2.75) is 12.8 Å². The summed E-state index contributed by atoms with van der Waals surface area (Å²) < 4.78 is 2.39. The van der Waals surface area contributed by atoms with Gasteiger partial charge in [-0.1, -0.05) is 194 Å². The third-order valence-electron chi connectivity index (χ3n) is 12.5. The van der Waals surface area contributed by atoms with Gasteiger partial charge in [-0.2, -0.15) is 0 Å². The summed E-state index contributed by atoms with van der Waals surface area (Å²) in [4.78, 5) is 2.40. The summed E-state index contributed by atoms with van der Waals surface area (Å²) >= 11 is 0. The predicted octanol–water partition coefficient (Wildman–Crippen LogP) is 16.4. The Balaban J connectivity index is 1.01. The van der Waals surface area contributed by atoms with Gasteiger partial charge in [0.05, 0.1) is 11.0 Å². The van der Waals surface area contributed by atoms with Gasteiger partial charge < -0.3 is 9.47 Å². The van der Waals surface area contributed by atoms with Gasteiger partial charge in [-0.15, -0.1) is 0 Å². The summed E-state index contributed by atoms with van der Waals surface area (Å²) in [6, 6.07) is 92.6. The summed E-state index contributed by atoms with van der Waals surface area (Å²) in [5.74, 6) is 0. The Labute approximate surface area is 375 Å². The van der Waals surface area contributed by atoms with Crippen molar-refractivity contribution in [2.24, 2.45) is 0 Å². The third-order valence-corrected chi connectivity index (χ3v) is 12.5. The number of hydrogen-bond donors (Lipinski definition) is 0. The van der Waals surface area contributed by atoms with E-state index in [9.17, 15) is 0 Å². The largest absolute Gasteiger partial charge is 0.310 e. The molecule has 0 radical (unpaired) electrons. The molecule has 0 aliphatic heterocycles. The van der Waals surface area contributed by atoms with Crippen LogP contribution in [0.2, 0.25) is 0 Å². The number of nitrogens with zero attached hydrogens (tertiary/aromatic N) is 2. The lowest BCUT2D eigenvalue weighted by Crippen LogP contribution is -2.11. The summed E-state index contributed by atoms with van der Waals surface area (Å²) in [5, 5.41) is 2.53. The Hall–Kier alpha value is -8.20. The second-order valence-electron chi connectivity index (χ2n) is 16.5. The lowest BCUT2D eigenvalue weighted by atomic mass is 9.89. The average molecular weight is 819 g/mol. The smallest absolute Gasteiger partial charge is 0.0541 e. The van der Waals surface area contributed by atoms with E-state index in [1.807, 2.05) is 0 Å². The maximum atomic E-state index is 2.41. The quantitative estimate of drug-likeness (QED) is 0.126. The number of para-hydroxylation sites is 2. The van der Waals surface area contributed by atoms with Gasteiger partial charge in [0.2, 0.25) is 0 Å². The van der Waals surface area contributed by atoms with Crippen molar-refractivity contribution in [3.8, 4) is 39.1 Å². The molecule has 0 saturated carbocycles. The number of aromatic nitrogens is 1. The molecule has 0 unspecified atom stereocenters. The van der Waals surface area contributed by atoms with Crippen LogP contribution in [0.3, 0.4) is 0 Å². The van der Waals surface area contributed by atoms with Gasteiger partial charge >= 0.3 is 0 Å². The molecule has 0 aliphatic rings. The normalized spacial score (nSPS) is 11.2. The van der Waals surface area contributed by atoms with Crippen molar-refractivity contribution in [3.63, 3.8) is 0 Å². The van der Waals surface area contributed by atoms with Crippen LogP contribution in [0, 0.1) is 0 Å². The molecule has 0 fully saturated rings. The molecular formula is C62H46N2. The standard InChI is InChI=1S/C62H46N2/c1-4-17-45(18-5-1)41-51-23-10-11-26-57(51)58-40-39-56(44-52(58)42-46-19-6-2-7-20-46)63(53-35-31-48(32-36-53)47-21-8-3-9-22-47)54-37-33-49(34-38-54)50-24-16-25-55(43-50)64-61-29-14-12-27-59(61)60-28-13-15-30-62(60)64/h1-40,43-44H,41-42H2. The van der Waals surface area contributed by atoms with Gasteiger partial charge in [-0.05, 0) is 129 Å². The summed E-state index contributed by atoms with van der Waals surface area (Å²) in [6.07, 6.45) is 1.68. The molecule has 10 aromatic carbocycles. The van der Waals surface area contributed by atoms with Gasteiger partial charge in [0.25, 0.3) is 0 Å². The highest BCUT2D eigenvalue weighted by Gasteiger charge is 2.19. The van der Waals surface area contributed by atoms with E-state index in [1.54, 1.807) is 0 Å². The minimum absolute atomic E-state index is 0.811. The highest BCUT2D eigenvalue weighted by Crippen LogP contribution is 2.41. The minimum atomic E-state index is 0.811. The fraction of sp³-hybridized carbons (Fsp3) is 0.0323. The molecule has 0 amide bonds. The maximum absolute atomic E-state index is 2.41. The average Bonchev–Trinajstić information content (AvgIpc) is 3.70. The van der Waals surface area contributed by atoms with Crippen LogP contribution in [0.4, 0.5) is 17.1 Å². The second-order valence-corrected chi connectivity index (χ2v) is 16.5. The lowest BCUT2D eigenvalue weighted by molar-refractivity contribution is 1.16. The molecule has 0 saturated heterocycles. The topological polar surface area (TPSA) is 8.17 Å². The summed E-state index contributed by atoms with van der Waals surface area (Å²) in [5.41, 5.74) is 19.4. The van der Waals surface area contributed by atoms with E-state index in [0.717, 1.165) is 35.6 Å². The first-order chi connectivity index (χ1) is 31.7. The van der Waals surface area contributed by atoms with Gasteiger partial charge in [0.1, 0.15) is 0 Å². The summed E-state index contributed by atoms with van der Waals surface area (Å²) in [7, 11) is 0. The fourth-order valence-corrected chi connectivity index (χ4v) is 9.41. The van der Waals surface area contributed by atoms with Crippen LogP contribution in [0.15, 0.2) is 255 Å². The molecule has 1 heterocycles. The van der Waals surface area contributed by atoms with Crippen molar-refractivity contribution in [3.05, 3.63) is 277 Å². The van der Waals surface area contributed by atoms with E-state index < -0.39 is 0 Å². The first-order valence-corrected chi connectivity index (χ1v) is 22.2. The first-order valence-electron chi connectivity index (χ1n) is 22.2. The Morgan fingerprint density at radius 3 is 1.38 bits per heavy atom. The van der Waals surface area contributed by atoms with Crippen LogP contribution in [0.25, 0.3) is 60.9 Å². The lowest BCUT2D eigenvalue weighted by Gasteiger charge is -2.27. The summed E-state index contributed by atoms with van der Waals surface area (Å²) in [6.45, 7) is 0. The predicted molar refractivity (Wildman–Crippen MR) is 270 cm³/mol. The van der Waals surface area contributed by atoms with Gasteiger partial charge in [0.15, 0.2) is 0 Å². The van der Waals surface area contributed by atoms with E-state index in [-0.39, 0.29) is 0 Å². The van der Waals surface area contributed by atoms with Gasteiger partial charge in [0, 0.05) is 33.5 Å². The van der Waals surface area contributed by atoms with E-state index in [0.29, 0.717) is 0 Å². The van der Waals surface area contributed by atoms with Crippen LogP contribution >= 0.6 is 0 Å².